The lowest BCUT2D eigenvalue weighted by molar-refractivity contribution is 0.573. The lowest BCUT2D eigenvalue weighted by atomic mass is 9.98. The number of hydrogen-bond donors (Lipinski definition) is 0. The van der Waals surface area contributed by atoms with E-state index in [1.807, 2.05) is 42.5 Å². The molecule has 1 aliphatic heterocycles. The van der Waals surface area contributed by atoms with Gasteiger partial charge in [-0.05, 0) is 24.3 Å². The molecule has 0 saturated heterocycles. The molecule has 0 unspecified atom stereocenters. The Kier molecular flexibility index (Phi) is 2.61. The molecule has 114 valence electrons. The van der Waals surface area contributed by atoms with Gasteiger partial charge in [0.25, 0.3) is 0 Å². The molecule has 0 radical (unpaired) electrons. The average molecular weight is 313 g/mol. The lowest BCUT2D eigenvalue weighted by Gasteiger charge is -2.12. The van der Waals surface area contributed by atoms with Crippen molar-refractivity contribution in [3.63, 3.8) is 0 Å². The largest absolute Gasteiger partial charge is 0.464 e. The van der Waals surface area contributed by atoms with Gasteiger partial charge in [0.1, 0.15) is 22.5 Å². The molecular weight excluding hydrogens is 302 g/mol. The number of aromatic nitrogens is 1. The first-order valence-corrected chi connectivity index (χ1v) is 7.61. The second-order valence-electron chi connectivity index (χ2n) is 5.59. The Labute approximate surface area is 136 Å². The molecule has 2 heterocycles. The van der Waals surface area contributed by atoms with Crippen molar-refractivity contribution in [3.8, 4) is 22.8 Å². The van der Waals surface area contributed by atoms with E-state index in [9.17, 15) is 4.79 Å². The van der Waals surface area contributed by atoms with Gasteiger partial charge in [-0.3, -0.25) is 4.79 Å². The molecule has 5 rings (SSSR count). The van der Waals surface area contributed by atoms with Crippen molar-refractivity contribution in [1.82, 2.24) is 4.98 Å². The maximum Gasteiger partial charge on any atom is 0.201 e. The Balaban J connectivity index is 2.08. The van der Waals surface area contributed by atoms with Gasteiger partial charge in [-0.1, -0.05) is 36.4 Å². The van der Waals surface area contributed by atoms with E-state index in [2.05, 4.69) is 0 Å². The fraction of sp³-hybridized carbons (Fsp3) is 0. The summed E-state index contributed by atoms with van der Waals surface area (Å²) in [4.78, 5) is 17.8. The first-order valence-electron chi connectivity index (χ1n) is 7.61. The van der Waals surface area contributed by atoms with Gasteiger partial charge < -0.3 is 8.83 Å². The average Bonchev–Trinajstić information content (AvgIpc) is 3.15. The molecule has 4 heteroatoms. The van der Waals surface area contributed by atoms with Crippen molar-refractivity contribution in [2.24, 2.45) is 0 Å². The molecule has 2 aromatic carbocycles. The van der Waals surface area contributed by atoms with Crippen LogP contribution in [0.4, 0.5) is 0 Å². The molecule has 2 aliphatic rings. The summed E-state index contributed by atoms with van der Waals surface area (Å²) in [5.74, 6) is 0.934. The molecule has 1 aromatic heterocycles. The lowest BCUT2D eigenvalue weighted by Crippen LogP contribution is -2.09. The van der Waals surface area contributed by atoms with Gasteiger partial charge in [-0.25, -0.2) is 4.98 Å². The fourth-order valence-corrected chi connectivity index (χ4v) is 3.09. The van der Waals surface area contributed by atoms with Crippen molar-refractivity contribution in [2.45, 2.75) is 0 Å². The highest BCUT2D eigenvalue weighted by atomic mass is 16.3. The highest BCUT2D eigenvalue weighted by Crippen LogP contribution is 2.37. The van der Waals surface area contributed by atoms with Gasteiger partial charge in [0, 0.05) is 10.8 Å². The minimum absolute atomic E-state index is 0.117. The van der Waals surface area contributed by atoms with Crippen molar-refractivity contribution in [3.05, 3.63) is 77.2 Å². The van der Waals surface area contributed by atoms with Crippen LogP contribution in [0.2, 0.25) is 0 Å². The van der Waals surface area contributed by atoms with Crippen LogP contribution in [0.3, 0.4) is 0 Å². The topological polar surface area (TPSA) is 56.2 Å². The highest BCUT2D eigenvalue weighted by molar-refractivity contribution is 6.01. The summed E-state index contributed by atoms with van der Waals surface area (Å²) in [5.41, 5.74) is 2.34. The number of furan rings is 1. The summed E-state index contributed by atoms with van der Waals surface area (Å²) in [6.45, 7) is 0. The monoisotopic (exact) mass is 313 g/mol. The Bertz CT molecular complexity index is 1220. The second-order valence-corrected chi connectivity index (χ2v) is 5.59. The summed E-state index contributed by atoms with van der Waals surface area (Å²) in [5, 5.41) is 1.39. The van der Waals surface area contributed by atoms with Gasteiger partial charge in [0.2, 0.25) is 5.43 Å². The van der Waals surface area contributed by atoms with Crippen LogP contribution in [0, 0.1) is 0 Å². The van der Waals surface area contributed by atoms with E-state index in [0.29, 0.717) is 33.7 Å². The SMILES string of the molecule is O=c1c(-c2ccco2)c2oc3ccccc3nc-2c2ccccc12. The number of fused-ring (bicyclic) bond motifs is 4. The van der Waals surface area contributed by atoms with Crippen LogP contribution in [0.25, 0.3) is 44.7 Å². The van der Waals surface area contributed by atoms with Crippen LogP contribution >= 0.6 is 0 Å². The van der Waals surface area contributed by atoms with E-state index in [4.69, 9.17) is 13.8 Å². The fourth-order valence-electron chi connectivity index (χ4n) is 3.09. The van der Waals surface area contributed by atoms with Gasteiger partial charge in [0.05, 0.1) is 6.26 Å². The quantitative estimate of drug-likeness (QED) is 0.332. The molecule has 0 spiro atoms. The molecular formula is C20H11NO3. The number of para-hydroxylation sites is 2. The van der Waals surface area contributed by atoms with Crippen LogP contribution in [0.15, 0.2) is 80.6 Å². The zero-order chi connectivity index (χ0) is 16.1. The third-order valence-electron chi connectivity index (χ3n) is 4.17. The number of hydrogen-bond acceptors (Lipinski definition) is 4. The van der Waals surface area contributed by atoms with Crippen LogP contribution in [0.5, 0.6) is 0 Å². The Morgan fingerprint density at radius 2 is 1.62 bits per heavy atom. The zero-order valence-electron chi connectivity index (χ0n) is 12.5. The molecule has 0 fully saturated rings. The van der Waals surface area contributed by atoms with Gasteiger partial charge in [-0.2, -0.15) is 0 Å². The minimum atomic E-state index is -0.117. The Hall–Kier alpha value is -3.40. The van der Waals surface area contributed by atoms with Crippen molar-refractivity contribution < 1.29 is 8.83 Å². The van der Waals surface area contributed by atoms with Gasteiger partial charge in [0.15, 0.2) is 11.3 Å². The molecule has 1 aliphatic carbocycles. The third-order valence-corrected chi connectivity index (χ3v) is 4.17. The van der Waals surface area contributed by atoms with E-state index >= 15 is 0 Å². The van der Waals surface area contributed by atoms with E-state index in [0.717, 1.165) is 10.9 Å². The normalized spacial score (nSPS) is 11.5. The summed E-state index contributed by atoms with van der Waals surface area (Å²) in [6.07, 6.45) is 1.55. The standard InChI is InChI=1S/C20H11NO3/c22-19-13-7-2-1-6-12(13)18-20(17(19)16-10-5-11-23-16)24-15-9-4-3-8-14(15)21-18/h1-11H. The molecule has 0 amide bonds. The molecule has 0 bridgehead atoms. The van der Waals surface area contributed by atoms with Gasteiger partial charge >= 0.3 is 0 Å². The van der Waals surface area contributed by atoms with E-state index in [-0.39, 0.29) is 5.43 Å². The Morgan fingerprint density at radius 1 is 0.833 bits per heavy atom. The summed E-state index contributed by atoms with van der Waals surface area (Å²) in [6, 6.07) is 18.5. The maximum absolute atomic E-state index is 13.0. The van der Waals surface area contributed by atoms with Crippen LogP contribution < -0.4 is 5.43 Å². The number of rotatable bonds is 1. The number of benzene rings is 3. The molecule has 0 atom stereocenters. The van der Waals surface area contributed by atoms with Crippen LogP contribution in [-0.2, 0) is 0 Å². The highest BCUT2D eigenvalue weighted by Gasteiger charge is 2.24. The first-order chi connectivity index (χ1) is 11.8. The summed E-state index contributed by atoms with van der Waals surface area (Å²) in [7, 11) is 0. The van der Waals surface area contributed by atoms with Crippen molar-refractivity contribution >= 4 is 21.9 Å². The van der Waals surface area contributed by atoms with Crippen molar-refractivity contribution in [1.29, 1.82) is 0 Å². The Morgan fingerprint density at radius 3 is 2.46 bits per heavy atom. The predicted octanol–water partition coefficient (Wildman–Crippen LogP) is 4.71. The zero-order valence-corrected chi connectivity index (χ0v) is 12.5. The van der Waals surface area contributed by atoms with E-state index in [1.54, 1.807) is 24.5 Å². The van der Waals surface area contributed by atoms with E-state index in [1.165, 1.54) is 0 Å². The van der Waals surface area contributed by atoms with Gasteiger partial charge in [-0.15, -0.1) is 0 Å². The van der Waals surface area contributed by atoms with Crippen LogP contribution in [0.1, 0.15) is 0 Å². The smallest absolute Gasteiger partial charge is 0.201 e. The summed E-state index contributed by atoms with van der Waals surface area (Å²) < 4.78 is 11.5. The molecule has 0 saturated carbocycles. The predicted molar refractivity (Wildman–Crippen MR) is 92.1 cm³/mol. The third kappa shape index (κ3) is 1.74. The molecule has 4 nitrogen and oxygen atoms in total. The molecule has 24 heavy (non-hydrogen) atoms. The molecule has 3 aromatic rings. The molecule has 0 N–H and O–H groups in total. The van der Waals surface area contributed by atoms with E-state index < -0.39 is 0 Å². The summed E-state index contributed by atoms with van der Waals surface area (Å²) >= 11 is 0. The minimum Gasteiger partial charge on any atom is -0.464 e. The first kappa shape index (κ1) is 13.1. The maximum atomic E-state index is 13.0. The second kappa shape index (κ2) is 4.80. The number of nitrogens with zero attached hydrogens (tertiary/aromatic N) is 1. The van der Waals surface area contributed by atoms with Crippen molar-refractivity contribution in [2.75, 3.05) is 0 Å². The van der Waals surface area contributed by atoms with Crippen LogP contribution in [-0.4, -0.2) is 4.98 Å².